The average Bonchev–Trinajstić information content (AvgIpc) is 2.64. The van der Waals surface area contributed by atoms with Gasteiger partial charge in [0.2, 0.25) is 0 Å². The summed E-state index contributed by atoms with van der Waals surface area (Å²) in [6.07, 6.45) is 0.334. The van der Waals surface area contributed by atoms with E-state index < -0.39 is 0 Å². The van der Waals surface area contributed by atoms with E-state index in [1.54, 1.807) is 11.3 Å². The van der Waals surface area contributed by atoms with E-state index in [-0.39, 0.29) is 0 Å². The van der Waals surface area contributed by atoms with Crippen molar-refractivity contribution in [1.82, 2.24) is 10.2 Å². The molecular formula is C11H17BrN2OS. The largest absolute Gasteiger partial charge is 0.374 e. The quantitative estimate of drug-likeness (QED) is 0.920. The van der Waals surface area contributed by atoms with Crippen LogP contribution >= 0.6 is 27.3 Å². The van der Waals surface area contributed by atoms with Crippen LogP contribution in [0.5, 0.6) is 0 Å². The lowest BCUT2D eigenvalue weighted by atomic mass is 10.2. The maximum absolute atomic E-state index is 5.68. The van der Waals surface area contributed by atoms with Crippen molar-refractivity contribution in [1.29, 1.82) is 0 Å². The van der Waals surface area contributed by atoms with Crippen LogP contribution in [-0.2, 0) is 11.3 Å². The van der Waals surface area contributed by atoms with Gasteiger partial charge in [-0.2, -0.15) is 0 Å². The first kappa shape index (κ1) is 12.5. The molecule has 0 saturated carbocycles. The molecule has 2 rings (SSSR count). The van der Waals surface area contributed by atoms with Gasteiger partial charge in [0.25, 0.3) is 0 Å². The number of nitrogens with one attached hydrogen (secondary N) is 1. The molecule has 90 valence electrons. The van der Waals surface area contributed by atoms with Gasteiger partial charge in [-0.1, -0.05) is 0 Å². The first-order valence-corrected chi connectivity index (χ1v) is 7.15. The molecule has 0 spiro atoms. The maximum Gasteiger partial charge on any atom is 0.0826 e. The van der Waals surface area contributed by atoms with Crippen LogP contribution in [-0.4, -0.2) is 44.3 Å². The van der Waals surface area contributed by atoms with E-state index in [2.05, 4.69) is 44.6 Å². The zero-order valence-corrected chi connectivity index (χ0v) is 11.8. The molecule has 1 aromatic heterocycles. The van der Waals surface area contributed by atoms with Crippen molar-refractivity contribution >= 4 is 27.3 Å². The Bertz CT molecular complexity index is 332. The van der Waals surface area contributed by atoms with Gasteiger partial charge in [-0.05, 0) is 40.0 Å². The molecule has 5 heteroatoms. The minimum atomic E-state index is 0.334. The minimum Gasteiger partial charge on any atom is -0.374 e. The number of halogens is 1. The third-order valence-corrected chi connectivity index (χ3v) is 4.22. The molecular weight excluding hydrogens is 288 g/mol. The van der Waals surface area contributed by atoms with Gasteiger partial charge in [0.15, 0.2) is 0 Å². The second-order valence-electron chi connectivity index (χ2n) is 4.15. The summed E-state index contributed by atoms with van der Waals surface area (Å²) in [6, 6.07) is 2.16. The normalized spacial score (nSPS) is 22.5. The highest BCUT2D eigenvalue weighted by Crippen LogP contribution is 2.20. The standard InChI is InChI=1S/C11H17BrN2OS/c1-14-2-3-15-10(7-14)6-13-5-9-4-11(12)16-8-9/h4,8,10,13H,2-3,5-7H2,1H3. The molecule has 0 aliphatic carbocycles. The van der Waals surface area contributed by atoms with E-state index in [9.17, 15) is 0 Å². The van der Waals surface area contributed by atoms with Crippen LogP contribution in [0.15, 0.2) is 15.2 Å². The Morgan fingerprint density at radius 3 is 3.25 bits per heavy atom. The summed E-state index contributed by atoms with van der Waals surface area (Å²) in [5, 5.41) is 5.61. The number of rotatable bonds is 4. The molecule has 16 heavy (non-hydrogen) atoms. The highest BCUT2D eigenvalue weighted by Gasteiger charge is 2.16. The summed E-state index contributed by atoms with van der Waals surface area (Å²) in [4.78, 5) is 2.32. The molecule has 1 saturated heterocycles. The third kappa shape index (κ3) is 3.82. The van der Waals surface area contributed by atoms with Crippen LogP contribution in [0.25, 0.3) is 0 Å². The van der Waals surface area contributed by atoms with E-state index in [4.69, 9.17) is 4.74 Å². The van der Waals surface area contributed by atoms with Crippen molar-refractivity contribution in [3.8, 4) is 0 Å². The van der Waals surface area contributed by atoms with Gasteiger partial charge in [0.05, 0.1) is 16.5 Å². The minimum absolute atomic E-state index is 0.334. The Balaban J connectivity index is 1.67. The number of nitrogens with zero attached hydrogens (tertiary/aromatic N) is 1. The monoisotopic (exact) mass is 304 g/mol. The summed E-state index contributed by atoms with van der Waals surface area (Å²) in [6.45, 7) is 4.78. The molecule has 0 bridgehead atoms. The highest BCUT2D eigenvalue weighted by atomic mass is 79.9. The number of hydrogen-bond donors (Lipinski definition) is 1. The molecule has 1 unspecified atom stereocenters. The van der Waals surface area contributed by atoms with Crippen LogP contribution in [0.2, 0.25) is 0 Å². The SMILES string of the molecule is CN1CCOC(CNCc2csc(Br)c2)C1. The molecule has 0 aromatic carbocycles. The zero-order valence-electron chi connectivity index (χ0n) is 9.41. The van der Waals surface area contributed by atoms with E-state index in [0.717, 1.165) is 32.8 Å². The number of hydrogen-bond acceptors (Lipinski definition) is 4. The van der Waals surface area contributed by atoms with Crippen LogP contribution in [0.3, 0.4) is 0 Å². The fourth-order valence-corrected chi connectivity index (χ4v) is 3.02. The van der Waals surface area contributed by atoms with Crippen molar-refractivity contribution in [2.75, 3.05) is 33.3 Å². The lowest BCUT2D eigenvalue weighted by molar-refractivity contribution is -0.0182. The third-order valence-electron chi connectivity index (χ3n) is 2.66. The van der Waals surface area contributed by atoms with Gasteiger partial charge < -0.3 is 15.0 Å². The molecule has 2 heterocycles. The van der Waals surface area contributed by atoms with Crippen LogP contribution in [0, 0.1) is 0 Å². The van der Waals surface area contributed by atoms with Crippen molar-refractivity contribution in [3.63, 3.8) is 0 Å². The molecule has 1 aromatic rings. The smallest absolute Gasteiger partial charge is 0.0826 e. The molecule has 1 aliphatic heterocycles. The molecule has 1 N–H and O–H groups in total. The Morgan fingerprint density at radius 2 is 2.56 bits per heavy atom. The molecule has 1 aliphatic rings. The van der Waals surface area contributed by atoms with Crippen LogP contribution in [0.4, 0.5) is 0 Å². The van der Waals surface area contributed by atoms with E-state index in [1.165, 1.54) is 9.35 Å². The predicted molar refractivity (Wildman–Crippen MR) is 71.0 cm³/mol. The van der Waals surface area contributed by atoms with Gasteiger partial charge in [0.1, 0.15) is 0 Å². The summed E-state index contributed by atoms with van der Waals surface area (Å²) in [5.74, 6) is 0. The second-order valence-corrected chi connectivity index (χ2v) is 6.44. The van der Waals surface area contributed by atoms with Crippen molar-refractivity contribution < 1.29 is 4.74 Å². The van der Waals surface area contributed by atoms with Gasteiger partial charge >= 0.3 is 0 Å². The number of morpholine rings is 1. The Labute approximate surface area is 109 Å². The molecule has 0 amide bonds. The fraction of sp³-hybridized carbons (Fsp3) is 0.636. The summed E-state index contributed by atoms with van der Waals surface area (Å²) < 4.78 is 6.87. The first-order chi connectivity index (χ1) is 7.74. The van der Waals surface area contributed by atoms with Crippen molar-refractivity contribution in [3.05, 3.63) is 20.8 Å². The topological polar surface area (TPSA) is 24.5 Å². The highest BCUT2D eigenvalue weighted by molar-refractivity contribution is 9.11. The average molecular weight is 305 g/mol. The second kappa shape index (κ2) is 6.12. The summed E-state index contributed by atoms with van der Waals surface area (Å²) >= 11 is 5.20. The predicted octanol–water partition coefficient (Wildman–Crippen LogP) is 1.93. The Morgan fingerprint density at radius 1 is 1.69 bits per heavy atom. The fourth-order valence-electron chi connectivity index (χ4n) is 1.81. The molecule has 1 atom stereocenters. The maximum atomic E-state index is 5.68. The lowest BCUT2D eigenvalue weighted by Crippen LogP contribution is -2.44. The Hall–Kier alpha value is 0.0600. The van der Waals surface area contributed by atoms with Crippen LogP contribution < -0.4 is 5.32 Å². The van der Waals surface area contributed by atoms with Crippen LogP contribution in [0.1, 0.15) is 5.56 Å². The zero-order chi connectivity index (χ0) is 11.4. The van der Waals surface area contributed by atoms with Gasteiger partial charge in [0, 0.05) is 26.2 Å². The van der Waals surface area contributed by atoms with Crippen molar-refractivity contribution in [2.24, 2.45) is 0 Å². The number of ether oxygens (including phenoxy) is 1. The first-order valence-electron chi connectivity index (χ1n) is 5.48. The van der Waals surface area contributed by atoms with Gasteiger partial charge in [-0.25, -0.2) is 0 Å². The molecule has 1 fully saturated rings. The number of thiophene rings is 1. The number of likely N-dealkylation sites (N-methyl/N-ethyl adjacent to an activating group) is 1. The molecule has 3 nitrogen and oxygen atoms in total. The van der Waals surface area contributed by atoms with Gasteiger partial charge in [-0.3, -0.25) is 0 Å². The Kier molecular flexibility index (Phi) is 4.79. The lowest BCUT2D eigenvalue weighted by Gasteiger charge is -2.30. The summed E-state index contributed by atoms with van der Waals surface area (Å²) in [5.41, 5.74) is 1.33. The van der Waals surface area contributed by atoms with E-state index in [0.29, 0.717) is 6.10 Å². The molecule has 0 radical (unpaired) electrons. The van der Waals surface area contributed by atoms with E-state index in [1.807, 2.05) is 0 Å². The van der Waals surface area contributed by atoms with Gasteiger partial charge in [-0.15, -0.1) is 11.3 Å². The van der Waals surface area contributed by atoms with E-state index >= 15 is 0 Å². The van der Waals surface area contributed by atoms with Crippen molar-refractivity contribution in [2.45, 2.75) is 12.6 Å². The summed E-state index contributed by atoms with van der Waals surface area (Å²) in [7, 11) is 2.14.